The molecule has 3 heterocycles. The van der Waals surface area contributed by atoms with Gasteiger partial charge in [-0.25, -0.2) is 14.1 Å². The van der Waals surface area contributed by atoms with Gasteiger partial charge in [0.15, 0.2) is 11.5 Å². The number of nitrogens with one attached hydrogen (secondary N) is 1. The first-order chi connectivity index (χ1) is 13.4. The maximum atomic E-state index is 14.2. The third kappa shape index (κ3) is 2.84. The molecule has 0 radical (unpaired) electrons. The fourth-order valence-electron chi connectivity index (χ4n) is 4.43. The summed E-state index contributed by atoms with van der Waals surface area (Å²) < 4.78 is 21.3. The second kappa shape index (κ2) is 6.22. The Morgan fingerprint density at radius 3 is 2.61 bits per heavy atom. The number of halogens is 1. The standard InChI is InChI=1S/C19H23FN6O2/c1-10-22-18(28-25-10)13-4-3-12(13)15-23-16-14(17(27)24-15)9-21-26(16)11-5-7-19(2,20)8-6-11/h9,11-13H,3-8H2,1-2H3,(H,23,24,27)/t11?,12-,13-,19?/m1/s1. The maximum Gasteiger partial charge on any atom is 0.262 e. The van der Waals surface area contributed by atoms with Crippen molar-refractivity contribution in [2.75, 3.05) is 0 Å². The summed E-state index contributed by atoms with van der Waals surface area (Å²) in [5.74, 6) is 1.95. The lowest BCUT2D eigenvalue weighted by Crippen LogP contribution is -2.29. The lowest BCUT2D eigenvalue weighted by Gasteiger charge is -2.33. The molecular formula is C19H23FN6O2. The van der Waals surface area contributed by atoms with Gasteiger partial charge in [0, 0.05) is 11.8 Å². The SMILES string of the molecule is Cc1noc([C@@H]2CC[C@H]2c2nc3c(cnn3C3CCC(C)(F)CC3)c(=O)[nH]2)n1. The average molecular weight is 386 g/mol. The molecule has 3 aromatic rings. The van der Waals surface area contributed by atoms with Gasteiger partial charge in [0.25, 0.3) is 5.56 Å². The van der Waals surface area contributed by atoms with E-state index in [0.717, 1.165) is 12.8 Å². The molecule has 2 aliphatic carbocycles. The number of H-pyrrole nitrogens is 1. The van der Waals surface area contributed by atoms with Crippen LogP contribution in [0, 0.1) is 6.92 Å². The molecule has 28 heavy (non-hydrogen) atoms. The average Bonchev–Trinajstić information content (AvgIpc) is 3.21. The fourth-order valence-corrected chi connectivity index (χ4v) is 4.43. The van der Waals surface area contributed by atoms with Crippen molar-refractivity contribution in [2.24, 2.45) is 0 Å². The molecule has 1 N–H and O–H groups in total. The minimum Gasteiger partial charge on any atom is -0.339 e. The van der Waals surface area contributed by atoms with Crippen molar-refractivity contribution in [1.29, 1.82) is 0 Å². The van der Waals surface area contributed by atoms with Crippen LogP contribution in [0.3, 0.4) is 0 Å². The molecule has 2 atom stereocenters. The minimum atomic E-state index is -1.11. The van der Waals surface area contributed by atoms with Gasteiger partial charge >= 0.3 is 0 Å². The van der Waals surface area contributed by atoms with Crippen LogP contribution in [-0.4, -0.2) is 35.6 Å². The summed E-state index contributed by atoms with van der Waals surface area (Å²) in [4.78, 5) is 24.7. The number of nitrogens with zero attached hydrogens (tertiary/aromatic N) is 5. The van der Waals surface area contributed by atoms with Crippen LogP contribution in [0.4, 0.5) is 4.39 Å². The Balaban J connectivity index is 1.49. The van der Waals surface area contributed by atoms with Crippen molar-refractivity contribution in [1.82, 2.24) is 29.9 Å². The number of aromatic amines is 1. The van der Waals surface area contributed by atoms with Crippen LogP contribution < -0.4 is 5.56 Å². The predicted molar refractivity (Wildman–Crippen MR) is 98.9 cm³/mol. The lowest BCUT2D eigenvalue weighted by atomic mass is 9.73. The number of aromatic nitrogens is 6. The Labute approximate surface area is 160 Å². The Morgan fingerprint density at radius 2 is 1.96 bits per heavy atom. The summed E-state index contributed by atoms with van der Waals surface area (Å²) in [7, 11) is 0. The van der Waals surface area contributed by atoms with Gasteiger partial charge in [-0.3, -0.25) is 4.79 Å². The minimum absolute atomic E-state index is 0.0424. The van der Waals surface area contributed by atoms with E-state index in [1.54, 1.807) is 20.0 Å². The molecule has 0 bridgehead atoms. The van der Waals surface area contributed by atoms with Crippen LogP contribution in [0.1, 0.15) is 80.9 Å². The summed E-state index contributed by atoms with van der Waals surface area (Å²) in [6, 6.07) is 0.0688. The van der Waals surface area contributed by atoms with Crippen LogP contribution in [0.5, 0.6) is 0 Å². The Morgan fingerprint density at radius 1 is 1.21 bits per heavy atom. The highest BCUT2D eigenvalue weighted by Crippen LogP contribution is 2.47. The number of alkyl halides is 1. The molecule has 0 aromatic carbocycles. The Kier molecular flexibility index (Phi) is 3.89. The zero-order valence-corrected chi connectivity index (χ0v) is 16.0. The number of rotatable bonds is 3. The van der Waals surface area contributed by atoms with E-state index in [-0.39, 0.29) is 23.4 Å². The molecule has 0 unspecified atom stereocenters. The van der Waals surface area contributed by atoms with E-state index in [0.29, 0.717) is 54.3 Å². The molecule has 8 nitrogen and oxygen atoms in total. The lowest BCUT2D eigenvalue weighted by molar-refractivity contribution is 0.103. The molecule has 3 aromatic heterocycles. The molecule has 2 aliphatic rings. The predicted octanol–water partition coefficient (Wildman–Crippen LogP) is 3.32. The summed E-state index contributed by atoms with van der Waals surface area (Å²) in [5, 5.41) is 8.77. The van der Waals surface area contributed by atoms with E-state index < -0.39 is 5.67 Å². The zero-order chi connectivity index (χ0) is 19.5. The van der Waals surface area contributed by atoms with Crippen LogP contribution in [0.25, 0.3) is 11.0 Å². The van der Waals surface area contributed by atoms with Crippen LogP contribution in [0.2, 0.25) is 0 Å². The third-order valence-electron chi connectivity index (χ3n) is 6.31. The smallest absolute Gasteiger partial charge is 0.262 e. The number of fused-ring (bicyclic) bond motifs is 1. The van der Waals surface area contributed by atoms with Gasteiger partial charge in [-0.05, 0) is 52.4 Å². The van der Waals surface area contributed by atoms with Crippen LogP contribution in [0.15, 0.2) is 15.5 Å². The Hall–Kier alpha value is -2.58. The first-order valence-corrected chi connectivity index (χ1v) is 9.88. The van der Waals surface area contributed by atoms with Gasteiger partial charge in [0.05, 0.1) is 12.2 Å². The van der Waals surface area contributed by atoms with Gasteiger partial charge in [0.1, 0.15) is 16.9 Å². The first-order valence-electron chi connectivity index (χ1n) is 9.88. The van der Waals surface area contributed by atoms with E-state index in [9.17, 15) is 9.18 Å². The maximum absolute atomic E-state index is 14.2. The van der Waals surface area contributed by atoms with Gasteiger partial charge in [-0.1, -0.05) is 5.16 Å². The highest BCUT2D eigenvalue weighted by molar-refractivity contribution is 5.73. The first kappa shape index (κ1) is 17.5. The van der Waals surface area contributed by atoms with Gasteiger partial charge in [-0.2, -0.15) is 10.1 Å². The molecule has 5 rings (SSSR count). The van der Waals surface area contributed by atoms with E-state index in [1.807, 2.05) is 4.68 Å². The monoisotopic (exact) mass is 386 g/mol. The molecule has 9 heteroatoms. The quantitative estimate of drug-likeness (QED) is 0.741. The van der Waals surface area contributed by atoms with Crippen molar-refractivity contribution in [3.8, 4) is 0 Å². The van der Waals surface area contributed by atoms with Gasteiger partial charge < -0.3 is 9.51 Å². The summed E-state index contributed by atoms with van der Waals surface area (Å²) in [5.41, 5.74) is -0.722. The normalized spacial score (nSPS) is 30.5. The van der Waals surface area contributed by atoms with Crippen LogP contribution >= 0.6 is 0 Å². The van der Waals surface area contributed by atoms with E-state index >= 15 is 0 Å². The van der Waals surface area contributed by atoms with Gasteiger partial charge in [0.2, 0.25) is 5.89 Å². The largest absolute Gasteiger partial charge is 0.339 e. The van der Waals surface area contributed by atoms with E-state index in [4.69, 9.17) is 9.51 Å². The highest BCUT2D eigenvalue weighted by atomic mass is 19.1. The van der Waals surface area contributed by atoms with E-state index in [1.165, 1.54) is 0 Å². The van der Waals surface area contributed by atoms with Crippen molar-refractivity contribution in [3.05, 3.63) is 34.1 Å². The number of hydrogen-bond acceptors (Lipinski definition) is 6. The molecule has 0 amide bonds. The van der Waals surface area contributed by atoms with Crippen molar-refractivity contribution in [3.63, 3.8) is 0 Å². The molecule has 0 spiro atoms. The van der Waals surface area contributed by atoms with Crippen molar-refractivity contribution < 1.29 is 8.91 Å². The van der Waals surface area contributed by atoms with Crippen molar-refractivity contribution >= 4 is 11.0 Å². The second-order valence-corrected chi connectivity index (χ2v) is 8.39. The number of hydrogen-bond donors (Lipinski definition) is 1. The third-order valence-corrected chi connectivity index (χ3v) is 6.31. The number of aryl methyl sites for hydroxylation is 1. The summed E-state index contributed by atoms with van der Waals surface area (Å²) in [6.07, 6.45) is 5.77. The summed E-state index contributed by atoms with van der Waals surface area (Å²) in [6.45, 7) is 3.44. The molecular weight excluding hydrogens is 363 g/mol. The van der Waals surface area contributed by atoms with Crippen LogP contribution in [-0.2, 0) is 0 Å². The topological polar surface area (TPSA) is 102 Å². The van der Waals surface area contributed by atoms with Gasteiger partial charge in [-0.15, -0.1) is 0 Å². The molecule has 0 aliphatic heterocycles. The molecule has 0 saturated heterocycles. The van der Waals surface area contributed by atoms with E-state index in [2.05, 4.69) is 20.2 Å². The molecule has 148 valence electrons. The highest BCUT2D eigenvalue weighted by Gasteiger charge is 2.39. The Bertz CT molecular complexity index is 1070. The molecule has 2 fully saturated rings. The fraction of sp³-hybridized carbons (Fsp3) is 0.632. The van der Waals surface area contributed by atoms with Crippen molar-refractivity contribution in [2.45, 2.75) is 75.9 Å². The molecule has 2 saturated carbocycles. The zero-order valence-electron chi connectivity index (χ0n) is 16.0. The summed E-state index contributed by atoms with van der Waals surface area (Å²) >= 11 is 0. The second-order valence-electron chi connectivity index (χ2n) is 8.39.